The van der Waals surface area contributed by atoms with E-state index < -0.39 is 36.6 Å². The van der Waals surface area contributed by atoms with Crippen molar-refractivity contribution in [1.82, 2.24) is 0 Å². The summed E-state index contributed by atoms with van der Waals surface area (Å²) < 4.78 is 0. The van der Waals surface area contributed by atoms with E-state index in [1.807, 2.05) is 13.8 Å². The molecule has 9 fully saturated rings. The molecule has 0 radical (unpaired) electrons. The van der Waals surface area contributed by atoms with Crippen molar-refractivity contribution < 1.29 is 32.1 Å². The van der Waals surface area contributed by atoms with E-state index in [4.69, 9.17) is 0 Å². The molecular formula is C69H114O6. The zero-order valence-electron chi connectivity index (χ0n) is 49.6. The first-order chi connectivity index (χ1) is 35.6. The molecule has 6 heteroatoms. The molecule has 426 valence electrons. The van der Waals surface area contributed by atoms with Gasteiger partial charge in [-0.3, -0.25) is 0 Å². The van der Waals surface area contributed by atoms with Crippen molar-refractivity contribution in [2.75, 3.05) is 0 Å². The van der Waals surface area contributed by atoms with Gasteiger partial charge >= 0.3 is 0 Å². The molecule has 75 heavy (non-hydrogen) atoms. The van der Waals surface area contributed by atoms with Crippen molar-refractivity contribution in [2.24, 2.45) is 81.3 Å². The number of aliphatic hydroxyl groups excluding tert-OH is 6. The molecule has 18 atom stereocenters. The lowest BCUT2D eigenvalue weighted by molar-refractivity contribution is 0.00358. The van der Waals surface area contributed by atoms with Crippen molar-refractivity contribution in [3.05, 3.63) is 82.0 Å². The third kappa shape index (κ3) is 13.3. The fraction of sp³-hybridized carbons (Fsp3) is 0.797. The van der Waals surface area contributed by atoms with E-state index in [9.17, 15) is 30.6 Å². The number of aliphatic hydroxyl groups is 6. The van der Waals surface area contributed by atoms with Crippen molar-refractivity contribution in [2.45, 2.75) is 267 Å². The molecule has 0 aliphatic heterocycles. The van der Waals surface area contributed by atoms with Crippen molar-refractivity contribution in [3.8, 4) is 0 Å². The minimum atomic E-state index is -0.591. The smallest absolute Gasteiger partial charge is 0.0809 e. The Kier molecular flexibility index (Phi) is 21.0. The summed E-state index contributed by atoms with van der Waals surface area (Å²) in [5.41, 5.74) is 10.5. The second kappa shape index (κ2) is 26.0. The van der Waals surface area contributed by atoms with Gasteiger partial charge in [0, 0.05) is 13.3 Å². The summed E-state index contributed by atoms with van der Waals surface area (Å²) in [6, 6.07) is 0. The lowest BCUT2D eigenvalue weighted by atomic mass is 9.61. The zero-order valence-corrected chi connectivity index (χ0v) is 49.6. The number of allylic oxidation sites excluding steroid dienone is 9. The summed E-state index contributed by atoms with van der Waals surface area (Å²) in [5, 5.41) is 60.7. The van der Waals surface area contributed by atoms with Gasteiger partial charge in [-0.2, -0.15) is 0 Å². The largest absolute Gasteiger partial charge is 0.392 e. The highest BCUT2D eigenvalue weighted by Gasteiger charge is 2.53. The molecular weight excluding hydrogens is 925 g/mol. The number of rotatable bonds is 9. The van der Waals surface area contributed by atoms with Gasteiger partial charge < -0.3 is 30.6 Å². The minimum Gasteiger partial charge on any atom is -0.392 e. The van der Waals surface area contributed by atoms with Crippen LogP contribution in [0, 0.1) is 81.3 Å². The van der Waals surface area contributed by atoms with Crippen LogP contribution in [0.3, 0.4) is 0 Å². The molecule has 0 spiro atoms. The van der Waals surface area contributed by atoms with Crippen molar-refractivity contribution >= 4 is 0 Å². The van der Waals surface area contributed by atoms with Crippen LogP contribution in [0.4, 0.5) is 0 Å². The number of fused-ring (bicyclic) bond motifs is 3. The van der Waals surface area contributed by atoms with Crippen LogP contribution >= 0.6 is 0 Å². The number of hydrogen-bond acceptors (Lipinski definition) is 6. The van der Waals surface area contributed by atoms with E-state index in [2.05, 4.69) is 105 Å². The molecule has 0 amide bonds. The highest BCUT2D eigenvalue weighted by Crippen LogP contribution is 2.62. The van der Waals surface area contributed by atoms with E-state index in [1.165, 1.54) is 127 Å². The Morgan fingerprint density at radius 2 is 0.720 bits per heavy atom. The predicted molar refractivity (Wildman–Crippen MR) is 315 cm³/mol. The van der Waals surface area contributed by atoms with E-state index in [1.54, 1.807) is 16.7 Å². The Bertz CT molecular complexity index is 1970. The van der Waals surface area contributed by atoms with Crippen LogP contribution in [-0.4, -0.2) is 67.3 Å². The first-order valence-corrected chi connectivity index (χ1v) is 31.5. The predicted octanol–water partition coefficient (Wildman–Crippen LogP) is 15.9. The summed E-state index contributed by atoms with van der Waals surface area (Å²) in [6.45, 7) is 29.7. The summed E-state index contributed by atoms with van der Waals surface area (Å²) in [5.74, 6) is 7.30. The van der Waals surface area contributed by atoms with Crippen LogP contribution in [0.1, 0.15) is 232 Å². The van der Waals surface area contributed by atoms with Gasteiger partial charge in [0.15, 0.2) is 0 Å². The maximum absolute atomic E-state index is 10.1. The molecule has 6 N–H and O–H groups in total. The van der Waals surface area contributed by atoms with Crippen LogP contribution < -0.4 is 0 Å². The van der Waals surface area contributed by atoms with Crippen LogP contribution in [0.15, 0.2) is 82.0 Å². The Balaban J connectivity index is 0.000000184. The van der Waals surface area contributed by atoms with E-state index in [0.717, 1.165) is 84.5 Å². The lowest BCUT2D eigenvalue weighted by Crippen LogP contribution is -2.36. The SMILES string of the molecule is C=C1[C@H](O)CC(=C/C=C2\CCC[C@]3(C)C([C@@H](C)CC)CC[C@@H]23)C[C@H]1O.CC[C@H](C)C1CC[C@H]2/C(=C/C=C3C[C@@H](O)C(C)[C@H](O)C3)CCC[C@]12C.CC[C@H](C)C1CC[C@H]2/C(=C/C=C3C[C@@H](O)C(C)[C@H](O)C3)CCC[C@]12C.[HH]. The molecule has 0 aromatic rings. The fourth-order valence-corrected chi connectivity index (χ4v) is 18.1. The van der Waals surface area contributed by atoms with Gasteiger partial charge in [-0.15, -0.1) is 0 Å². The van der Waals surface area contributed by atoms with Gasteiger partial charge in [0.1, 0.15) is 0 Å². The van der Waals surface area contributed by atoms with Crippen LogP contribution in [-0.2, 0) is 0 Å². The fourth-order valence-electron chi connectivity index (χ4n) is 18.1. The third-order valence-electron chi connectivity index (χ3n) is 23.8. The molecule has 0 saturated heterocycles. The summed E-state index contributed by atoms with van der Waals surface area (Å²) in [6.07, 6.45) is 38.9. The molecule has 0 aromatic carbocycles. The molecule has 3 unspecified atom stereocenters. The summed E-state index contributed by atoms with van der Waals surface area (Å²) in [4.78, 5) is 0. The molecule has 9 rings (SSSR count). The zero-order chi connectivity index (χ0) is 54.6. The van der Waals surface area contributed by atoms with Gasteiger partial charge in [-0.25, -0.2) is 0 Å². The Hall–Kier alpha value is -2.06. The quantitative estimate of drug-likeness (QED) is 0.128. The first kappa shape index (κ1) is 60.6. The van der Waals surface area contributed by atoms with E-state index in [-0.39, 0.29) is 13.3 Å². The first-order valence-electron chi connectivity index (χ1n) is 31.5. The van der Waals surface area contributed by atoms with Crippen molar-refractivity contribution in [3.63, 3.8) is 0 Å². The second-order valence-corrected chi connectivity index (χ2v) is 28.0. The molecule has 6 nitrogen and oxygen atoms in total. The topological polar surface area (TPSA) is 121 Å². The van der Waals surface area contributed by atoms with Gasteiger partial charge in [0.25, 0.3) is 0 Å². The molecule has 9 aliphatic rings. The van der Waals surface area contributed by atoms with Crippen LogP contribution in [0.2, 0.25) is 0 Å². The standard InChI is InChI=1S/2C23H38O2.C23H36O2.H2/c3*1-5-15(2)19-10-11-20-18(7-6-12-23(19,20)4)9-8-17-13-21(24)16(3)22(25)14-17;/h2*8-9,15-16,19-22,24-25H,5-7,10-14H2,1-4H3;8-9,15,19-22,24-25H,3,5-7,10-14H2,1-2,4H3;1H/b2*17-8?,18-9+;18-9+;/t2*15-,16?,19?,20-,21+,22+,23+;15-,19?,20-,21+,22+,23+;/m000./s1. The third-order valence-corrected chi connectivity index (χ3v) is 23.8. The van der Waals surface area contributed by atoms with Crippen LogP contribution in [0.25, 0.3) is 0 Å². The molecule has 0 bridgehead atoms. The van der Waals surface area contributed by atoms with Gasteiger partial charge in [0.2, 0.25) is 0 Å². The van der Waals surface area contributed by atoms with Gasteiger partial charge in [0.05, 0.1) is 36.6 Å². The summed E-state index contributed by atoms with van der Waals surface area (Å²) in [7, 11) is 0. The van der Waals surface area contributed by atoms with Gasteiger partial charge in [-0.05, 0) is 210 Å². The van der Waals surface area contributed by atoms with Gasteiger partial charge in [-0.1, -0.05) is 172 Å². The highest BCUT2D eigenvalue weighted by molar-refractivity contribution is 5.31. The van der Waals surface area contributed by atoms with E-state index >= 15 is 0 Å². The summed E-state index contributed by atoms with van der Waals surface area (Å²) >= 11 is 0. The Morgan fingerprint density at radius 3 is 0.987 bits per heavy atom. The lowest BCUT2D eigenvalue weighted by Gasteiger charge is -2.44. The second-order valence-electron chi connectivity index (χ2n) is 28.0. The van der Waals surface area contributed by atoms with E-state index in [0.29, 0.717) is 34.7 Å². The maximum Gasteiger partial charge on any atom is 0.0809 e. The normalized spacial score (nSPS) is 43.7. The number of hydrogen-bond donors (Lipinski definition) is 6. The Morgan fingerprint density at radius 1 is 0.453 bits per heavy atom. The monoisotopic (exact) mass is 1040 g/mol. The van der Waals surface area contributed by atoms with Crippen LogP contribution in [0.5, 0.6) is 0 Å². The highest BCUT2D eigenvalue weighted by atomic mass is 16.3. The molecule has 0 heterocycles. The average Bonchev–Trinajstić information content (AvgIpc) is 4.08. The Labute approximate surface area is 460 Å². The molecule has 0 aromatic heterocycles. The van der Waals surface area contributed by atoms with Crippen molar-refractivity contribution in [1.29, 1.82) is 0 Å². The maximum atomic E-state index is 10.1. The molecule has 9 saturated carbocycles. The average molecular weight is 1040 g/mol. The minimum absolute atomic E-state index is 0. The molecule has 9 aliphatic carbocycles.